The zero-order valence-corrected chi connectivity index (χ0v) is 10.1. The third kappa shape index (κ3) is 2.78. The van der Waals surface area contributed by atoms with Crippen LogP contribution in [-0.2, 0) is 6.54 Å². The lowest BCUT2D eigenvalue weighted by Gasteiger charge is -2.11. The molecule has 3 nitrogen and oxygen atoms in total. The predicted molar refractivity (Wildman–Crippen MR) is 70.6 cm³/mol. The molecule has 0 saturated heterocycles. The molecule has 0 aliphatic heterocycles. The van der Waals surface area contributed by atoms with Crippen LogP contribution in [0.25, 0.3) is 0 Å². The van der Waals surface area contributed by atoms with Gasteiger partial charge in [0.2, 0.25) is 0 Å². The van der Waals surface area contributed by atoms with Gasteiger partial charge in [-0.2, -0.15) is 0 Å². The Morgan fingerprint density at radius 2 is 2.00 bits per heavy atom. The fraction of sp³-hybridized carbons (Fsp3) is 0.143. The Bertz CT molecular complexity index is 543. The van der Waals surface area contributed by atoms with E-state index in [1.807, 2.05) is 30.3 Å². The van der Waals surface area contributed by atoms with E-state index in [2.05, 4.69) is 5.32 Å². The maximum Gasteiger partial charge on any atom is 0.142 e. The van der Waals surface area contributed by atoms with Crippen molar-refractivity contribution in [1.29, 1.82) is 0 Å². The summed E-state index contributed by atoms with van der Waals surface area (Å²) in [4.78, 5) is 0. The van der Waals surface area contributed by atoms with Gasteiger partial charge < -0.3 is 15.8 Å². The van der Waals surface area contributed by atoms with Gasteiger partial charge in [-0.15, -0.1) is 0 Å². The fourth-order valence-corrected chi connectivity index (χ4v) is 1.74. The second kappa shape index (κ2) is 5.51. The van der Waals surface area contributed by atoms with E-state index in [0.717, 1.165) is 11.3 Å². The van der Waals surface area contributed by atoms with Crippen molar-refractivity contribution in [2.24, 2.45) is 5.73 Å². The van der Waals surface area contributed by atoms with E-state index in [0.29, 0.717) is 18.0 Å². The number of para-hydroxylation sites is 2. The third-order valence-corrected chi connectivity index (χ3v) is 2.58. The van der Waals surface area contributed by atoms with Crippen LogP contribution in [0.1, 0.15) is 5.56 Å². The lowest BCUT2D eigenvalue weighted by Crippen LogP contribution is -2.00. The number of halogens is 1. The summed E-state index contributed by atoms with van der Waals surface area (Å²) in [6.45, 7) is 0.304. The van der Waals surface area contributed by atoms with Crippen molar-refractivity contribution in [1.82, 2.24) is 0 Å². The monoisotopic (exact) mass is 246 g/mol. The number of ether oxygens (including phenoxy) is 1. The Morgan fingerprint density at radius 1 is 1.22 bits per heavy atom. The molecule has 0 bridgehead atoms. The number of nitrogens with two attached hydrogens (primary N) is 1. The van der Waals surface area contributed by atoms with Crippen molar-refractivity contribution in [2.75, 3.05) is 12.4 Å². The van der Waals surface area contributed by atoms with Crippen molar-refractivity contribution in [3.05, 3.63) is 53.8 Å². The summed E-state index contributed by atoms with van der Waals surface area (Å²) in [5.41, 5.74) is 7.70. The van der Waals surface area contributed by atoms with Crippen LogP contribution in [0.5, 0.6) is 5.75 Å². The SMILES string of the molecule is COc1ccccc1Nc1cc(F)cc(CN)c1. The molecule has 0 aliphatic rings. The van der Waals surface area contributed by atoms with Gasteiger partial charge in [-0.25, -0.2) is 4.39 Å². The molecule has 18 heavy (non-hydrogen) atoms. The number of hydrogen-bond donors (Lipinski definition) is 2. The summed E-state index contributed by atoms with van der Waals surface area (Å²) in [7, 11) is 1.59. The van der Waals surface area contributed by atoms with E-state index in [-0.39, 0.29) is 5.82 Å². The largest absolute Gasteiger partial charge is 0.495 e. The molecular formula is C14H15FN2O. The molecule has 0 heterocycles. The summed E-state index contributed by atoms with van der Waals surface area (Å²) in [6.07, 6.45) is 0. The lowest BCUT2D eigenvalue weighted by atomic mass is 10.2. The first kappa shape index (κ1) is 12.4. The van der Waals surface area contributed by atoms with Gasteiger partial charge in [0.25, 0.3) is 0 Å². The average molecular weight is 246 g/mol. The summed E-state index contributed by atoms with van der Waals surface area (Å²) in [5, 5.41) is 3.12. The molecule has 2 aromatic carbocycles. The minimum atomic E-state index is -0.310. The van der Waals surface area contributed by atoms with Crippen molar-refractivity contribution in [2.45, 2.75) is 6.54 Å². The van der Waals surface area contributed by atoms with Crippen LogP contribution < -0.4 is 15.8 Å². The van der Waals surface area contributed by atoms with E-state index in [1.54, 1.807) is 7.11 Å². The van der Waals surface area contributed by atoms with Gasteiger partial charge in [0.1, 0.15) is 11.6 Å². The topological polar surface area (TPSA) is 47.3 Å². The maximum absolute atomic E-state index is 13.4. The molecular weight excluding hydrogens is 231 g/mol. The Hall–Kier alpha value is -2.07. The standard InChI is InChI=1S/C14H15FN2O/c1-18-14-5-3-2-4-13(14)17-12-7-10(9-16)6-11(15)8-12/h2-8,17H,9,16H2,1H3. The van der Waals surface area contributed by atoms with Gasteiger partial charge in [0, 0.05) is 12.2 Å². The Balaban J connectivity index is 2.30. The molecule has 0 atom stereocenters. The van der Waals surface area contributed by atoms with Gasteiger partial charge >= 0.3 is 0 Å². The van der Waals surface area contributed by atoms with Gasteiger partial charge in [-0.1, -0.05) is 12.1 Å². The van der Waals surface area contributed by atoms with Crippen molar-refractivity contribution >= 4 is 11.4 Å². The summed E-state index contributed by atoms with van der Waals surface area (Å²) >= 11 is 0. The first-order valence-electron chi connectivity index (χ1n) is 5.62. The van der Waals surface area contributed by atoms with Crippen LogP contribution in [0.15, 0.2) is 42.5 Å². The molecule has 0 spiro atoms. The molecule has 0 saturated carbocycles. The van der Waals surface area contributed by atoms with Gasteiger partial charge in [0.05, 0.1) is 12.8 Å². The smallest absolute Gasteiger partial charge is 0.142 e. The lowest BCUT2D eigenvalue weighted by molar-refractivity contribution is 0.417. The zero-order valence-electron chi connectivity index (χ0n) is 10.1. The van der Waals surface area contributed by atoms with Crippen molar-refractivity contribution < 1.29 is 9.13 Å². The van der Waals surface area contributed by atoms with Gasteiger partial charge in [-0.05, 0) is 35.9 Å². The Morgan fingerprint density at radius 3 is 2.72 bits per heavy atom. The highest BCUT2D eigenvalue weighted by atomic mass is 19.1. The molecule has 0 unspecified atom stereocenters. The van der Waals surface area contributed by atoms with Crippen molar-refractivity contribution in [3.8, 4) is 5.75 Å². The highest BCUT2D eigenvalue weighted by Crippen LogP contribution is 2.27. The summed E-state index contributed by atoms with van der Waals surface area (Å²) < 4.78 is 18.6. The van der Waals surface area contributed by atoms with Crippen LogP contribution in [0.2, 0.25) is 0 Å². The van der Waals surface area contributed by atoms with Crippen LogP contribution in [0.3, 0.4) is 0 Å². The van der Waals surface area contributed by atoms with Crippen molar-refractivity contribution in [3.63, 3.8) is 0 Å². The quantitative estimate of drug-likeness (QED) is 0.871. The first-order valence-corrected chi connectivity index (χ1v) is 5.62. The molecule has 0 radical (unpaired) electrons. The molecule has 94 valence electrons. The number of rotatable bonds is 4. The summed E-state index contributed by atoms with van der Waals surface area (Å²) in [5.74, 6) is 0.395. The molecule has 3 N–H and O–H groups in total. The van der Waals surface area contributed by atoms with E-state index in [4.69, 9.17) is 10.5 Å². The number of nitrogens with one attached hydrogen (secondary N) is 1. The highest BCUT2D eigenvalue weighted by Gasteiger charge is 2.04. The van der Waals surface area contributed by atoms with Crippen LogP contribution in [0.4, 0.5) is 15.8 Å². The third-order valence-electron chi connectivity index (χ3n) is 2.58. The minimum absolute atomic E-state index is 0.304. The van der Waals surface area contributed by atoms with Gasteiger partial charge in [0.15, 0.2) is 0 Å². The number of benzene rings is 2. The molecule has 0 fully saturated rings. The molecule has 0 amide bonds. The maximum atomic E-state index is 13.4. The highest BCUT2D eigenvalue weighted by molar-refractivity contribution is 5.66. The number of hydrogen-bond acceptors (Lipinski definition) is 3. The normalized spacial score (nSPS) is 10.2. The van der Waals surface area contributed by atoms with E-state index in [1.165, 1.54) is 12.1 Å². The van der Waals surface area contributed by atoms with E-state index < -0.39 is 0 Å². The van der Waals surface area contributed by atoms with Crippen LogP contribution in [-0.4, -0.2) is 7.11 Å². The van der Waals surface area contributed by atoms with Crippen LogP contribution in [0, 0.1) is 5.82 Å². The number of anilines is 2. The summed E-state index contributed by atoms with van der Waals surface area (Å²) in [6, 6.07) is 12.1. The van der Waals surface area contributed by atoms with Crippen LogP contribution >= 0.6 is 0 Å². The number of methoxy groups -OCH3 is 1. The second-order valence-corrected chi connectivity index (χ2v) is 3.88. The minimum Gasteiger partial charge on any atom is -0.495 e. The second-order valence-electron chi connectivity index (χ2n) is 3.88. The molecule has 2 aromatic rings. The Labute approximate surface area is 105 Å². The fourth-order valence-electron chi connectivity index (χ4n) is 1.74. The van der Waals surface area contributed by atoms with E-state index >= 15 is 0 Å². The first-order chi connectivity index (χ1) is 8.72. The van der Waals surface area contributed by atoms with Gasteiger partial charge in [-0.3, -0.25) is 0 Å². The molecule has 0 aromatic heterocycles. The van der Waals surface area contributed by atoms with E-state index in [9.17, 15) is 4.39 Å². The predicted octanol–water partition coefficient (Wildman–Crippen LogP) is 3.04. The average Bonchev–Trinajstić information content (AvgIpc) is 2.38. The molecule has 0 aliphatic carbocycles. The molecule has 4 heteroatoms. The Kier molecular flexibility index (Phi) is 3.79. The zero-order chi connectivity index (χ0) is 13.0. The molecule has 2 rings (SSSR count).